The zero-order chi connectivity index (χ0) is 63.8. The molecule has 3 saturated heterocycles. The molecule has 15 nitrogen and oxygen atoms in total. The Morgan fingerprint density at radius 2 is 0.606 bits per heavy atom. The monoisotopic (exact) mass is 1270 g/mol. The Morgan fingerprint density at radius 1 is 0.298 bits per heavy atom. The maximum absolute atomic E-state index is 15.2. The minimum Gasteiger partial charge on any atom is -0.459 e. The molecule has 9 aromatic rings. The van der Waals surface area contributed by atoms with Gasteiger partial charge in [-0.2, -0.15) is 0 Å². The highest BCUT2D eigenvalue weighted by Gasteiger charge is 2.57. The number of benzene rings is 9. The van der Waals surface area contributed by atoms with Gasteiger partial charge in [0.2, 0.25) is 0 Å². The van der Waals surface area contributed by atoms with Gasteiger partial charge in [-0.1, -0.05) is 273 Å². The molecule has 0 amide bonds. The number of carbonyl (C=O) groups excluding carboxylic acids is 1. The molecule has 3 aliphatic rings. The van der Waals surface area contributed by atoms with Crippen molar-refractivity contribution in [3.8, 4) is 0 Å². The largest absolute Gasteiger partial charge is 0.459 e. The topological polar surface area (TPSA) is 146 Å². The van der Waals surface area contributed by atoms with Crippen LogP contribution in [0.3, 0.4) is 0 Å². The molecule has 0 bridgehead atoms. The van der Waals surface area contributed by atoms with Crippen LogP contribution in [-0.2, 0) is 131 Å². The second-order valence-electron chi connectivity index (χ2n) is 23.4. The standard InChI is InChI=1S/C79H80O15/c80-76(88-53-64-42-24-8-25-43-64)72-70(83-48-59-32-14-3-15-33-59)71(84-49-60-34-16-4-17-35-60)75(87-52-63-40-22-7-23-41-63)79(94-72)93-69-67(55-81-46-57-28-10-1-11-29-57)91-78(74(69)86-51-62-38-20-6-21-39-62)92-68-66(82-47-58-30-12-2-13-31-58)56-90-77(89-54-65-44-26-9-27-45-65)73(68)85-50-61-36-18-5-19-37-61/h1-45,66-75,77-79H,46-56H2/t66-,67+,68+,69+,70+,71+,72+,73-,74-,75-,77+,78+,79+/m1/s1. The maximum atomic E-state index is 15.2. The fraction of sp³-hybridized carbons (Fsp3) is 0.304. The summed E-state index contributed by atoms with van der Waals surface area (Å²) in [5.41, 5.74) is 8.06. The lowest BCUT2D eigenvalue weighted by molar-refractivity contribution is -0.337. The Balaban J connectivity index is 0.946. The molecule has 0 spiro atoms. The Morgan fingerprint density at radius 3 is 1.02 bits per heavy atom. The smallest absolute Gasteiger partial charge is 0.338 e. The summed E-state index contributed by atoms with van der Waals surface area (Å²) in [6.45, 7) is 1.34. The van der Waals surface area contributed by atoms with Crippen LogP contribution < -0.4 is 0 Å². The molecule has 0 aromatic heterocycles. The fourth-order valence-electron chi connectivity index (χ4n) is 11.7. The molecule has 486 valence electrons. The van der Waals surface area contributed by atoms with Crippen molar-refractivity contribution in [2.24, 2.45) is 0 Å². The minimum absolute atomic E-state index is 0.00929. The summed E-state index contributed by atoms with van der Waals surface area (Å²) in [4.78, 5) is 15.2. The molecule has 94 heavy (non-hydrogen) atoms. The van der Waals surface area contributed by atoms with Crippen molar-refractivity contribution in [2.45, 2.75) is 139 Å². The van der Waals surface area contributed by atoms with Gasteiger partial charge in [0.05, 0.1) is 66.1 Å². The van der Waals surface area contributed by atoms with Gasteiger partial charge in [0.25, 0.3) is 0 Å². The highest BCUT2D eigenvalue weighted by atomic mass is 16.8. The number of carbonyl (C=O) groups is 1. The molecule has 0 radical (unpaired) electrons. The van der Waals surface area contributed by atoms with Crippen molar-refractivity contribution in [1.82, 2.24) is 0 Å². The van der Waals surface area contributed by atoms with Gasteiger partial charge in [0, 0.05) is 0 Å². The molecule has 3 heterocycles. The van der Waals surface area contributed by atoms with E-state index in [-0.39, 0.29) is 72.7 Å². The zero-order valence-corrected chi connectivity index (χ0v) is 52.4. The molecule has 15 heteroatoms. The molecule has 0 saturated carbocycles. The Kier molecular flexibility index (Phi) is 24.5. The van der Waals surface area contributed by atoms with Crippen LogP contribution in [0.5, 0.6) is 0 Å². The number of ether oxygens (including phenoxy) is 14. The van der Waals surface area contributed by atoms with Crippen molar-refractivity contribution in [3.63, 3.8) is 0 Å². The minimum atomic E-state index is -1.43. The molecule has 9 aromatic carbocycles. The van der Waals surface area contributed by atoms with E-state index in [0.29, 0.717) is 0 Å². The van der Waals surface area contributed by atoms with Gasteiger partial charge < -0.3 is 66.3 Å². The third kappa shape index (κ3) is 18.9. The van der Waals surface area contributed by atoms with E-state index >= 15 is 4.79 Å². The third-order valence-corrected chi connectivity index (χ3v) is 16.6. The molecule has 12 rings (SSSR count). The molecular weight excluding hydrogens is 1190 g/mol. The van der Waals surface area contributed by atoms with E-state index in [1.165, 1.54) is 0 Å². The number of esters is 1. The summed E-state index contributed by atoms with van der Waals surface area (Å²) in [6.07, 6.45) is -13.8. The van der Waals surface area contributed by atoms with Crippen molar-refractivity contribution in [2.75, 3.05) is 13.2 Å². The van der Waals surface area contributed by atoms with Gasteiger partial charge >= 0.3 is 5.97 Å². The quantitative estimate of drug-likeness (QED) is 0.0368. The van der Waals surface area contributed by atoms with Crippen LogP contribution in [0.1, 0.15) is 50.1 Å². The lowest BCUT2D eigenvalue weighted by atomic mass is 9.97. The van der Waals surface area contributed by atoms with E-state index < -0.39 is 85.9 Å². The van der Waals surface area contributed by atoms with Gasteiger partial charge in [0.1, 0.15) is 61.5 Å². The van der Waals surface area contributed by atoms with Crippen molar-refractivity contribution in [3.05, 3.63) is 323 Å². The molecule has 0 aliphatic carbocycles. The second-order valence-corrected chi connectivity index (χ2v) is 23.4. The normalized spacial score (nSPS) is 24.4. The number of hydrogen-bond donors (Lipinski definition) is 0. The summed E-state index contributed by atoms with van der Waals surface area (Å²) in [5, 5.41) is 0. The molecule has 0 unspecified atom stereocenters. The lowest BCUT2D eigenvalue weighted by Gasteiger charge is -2.46. The SMILES string of the molecule is O=C(OCc1ccccc1)[C@H]1O[C@H](O[C@@H]2[C@@H](OCc3ccccc3)[C@H](O[C@@H]3[C@@H](OCc4ccccc4)[C@@H](OCc4ccccc4)OC[C@H]3OCc3ccccc3)O[C@H]2COCc2ccccc2)[C@H](OCc2ccccc2)[C@@H](OCc2ccccc2)[C@@H]1OCc1ccccc1. The van der Waals surface area contributed by atoms with Crippen LogP contribution in [0.2, 0.25) is 0 Å². The molecule has 0 N–H and O–H groups in total. The lowest BCUT2D eigenvalue weighted by Crippen LogP contribution is -2.64. The maximum Gasteiger partial charge on any atom is 0.338 e. The van der Waals surface area contributed by atoms with Gasteiger partial charge in [-0.3, -0.25) is 0 Å². The first-order valence-electron chi connectivity index (χ1n) is 32.2. The first-order chi connectivity index (χ1) is 46.5. The van der Waals surface area contributed by atoms with Crippen LogP contribution in [0.4, 0.5) is 0 Å². The average molecular weight is 1270 g/mol. The average Bonchev–Trinajstić information content (AvgIpc) is 1.41. The van der Waals surface area contributed by atoms with Crippen LogP contribution in [0.25, 0.3) is 0 Å². The zero-order valence-electron chi connectivity index (χ0n) is 52.4. The van der Waals surface area contributed by atoms with Crippen molar-refractivity contribution >= 4 is 5.97 Å². The summed E-state index contributed by atoms with van der Waals surface area (Å²) in [5.74, 6) is -0.694. The van der Waals surface area contributed by atoms with Crippen molar-refractivity contribution < 1.29 is 71.1 Å². The summed E-state index contributed by atoms with van der Waals surface area (Å²) in [6, 6.07) is 88.4. The van der Waals surface area contributed by atoms with Crippen LogP contribution in [-0.4, -0.2) is 99.1 Å². The van der Waals surface area contributed by atoms with Crippen LogP contribution in [0, 0.1) is 0 Å². The van der Waals surface area contributed by atoms with E-state index in [2.05, 4.69) is 0 Å². The van der Waals surface area contributed by atoms with Crippen LogP contribution >= 0.6 is 0 Å². The Hall–Kier alpha value is -8.07. The van der Waals surface area contributed by atoms with Gasteiger partial charge in [-0.25, -0.2) is 4.79 Å². The summed E-state index contributed by atoms with van der Waals surface area (Å²) >= 11 is 0. The van der Waals surface area contributed by atoms with Gasteiger partial charge in [0.15, 0.2) is 25.0 Å². The highest BCUT2D eigenvalue weighted by Crippen LogP contribution is 2.39. The molecule has 3 aliphatic heterocycles. The Bertz CT molecular complexity index is 3570. The predicted octanol–water partition coefficient (Wildman–Crippen LogP) is 13.3. The highest BCUT2D eigenvalue weighted by molar-refractivity contribution is 5.76. The summed E-state index contributed by atoms with van der Waals surface area (Å²) in [7, 11) is 0. The van der Waals surface area contributed by atoms with Gasteiger partial charge in [-0.15, -0.1) is 0 Å². The van der Waals surface area contributed by atoms with Crippen LogP contribution in [0.15, 0.2) is 273 Å². The number of rotatable bonds is 32. The molecule has 3 fully saturated rings. The van der Waals surface area contributed by atoms with Crippen molar-refractivity contribution in [1.29, 1.82) is 0 Å². The first kappa shape index (κ1) is 66.0. The predicted molar refractivity (Wildman–Crippen MR) is 350 cm³/mol. The Labute approximate surface area is 550 Å². The fourth-order valence-corrected chi connectivity index (χ4v) is 11.7. The second kappa shape index (κ2) is 34.9. The van der Waals surface area contributed by atoms with E-state index in [9.17, 15) is 0 Å². The van der Waals surface area contributed by atoms with E-state index in [0.717, 1.165) is 50.1 Å². The van der Waals surface area contributed by atoms with E-state index in [4.69, 9.17) is 66.3 Å². The summed E-state index contributed by atoms with van der Waals surface area (Å²) < 4.78 is 98.0. The molecule has 13 atom stereocenters. The van der Waals surface area contributed by atoms with E-state index in [1.54, 1.807) is 0 Å². The first-order valence-corrected chi connectivity index (χ1v) is 32.2. The number of hydrogen-bond acceptors (Lipinski definition) is 15. The van der Waals surface area contributed by atoms with Gasteiger partial charge in [-0.05, 0) is 50.1 Å². The molecular formula is C79H80O15. The third-order valence-electron chi connectivity index (χ3n) is 16.6. The van der Waals surface area contributed by atoms with E-state index in [1.807, 2.05) is 273 Å².